The summed E-state index contributed by atoms with van der Waals surface area (Å²) in [6, 6.07) is 11.9. The van der Waals surface area contributed by atoms with Gasteiger partial charge in [0.1, 0.15) is 18.1 Å². The number of nitrogens with zero attached hydrogens (tertiary/aromatic N) is 1. The Balaban J connectivity index is 1.63. The van der Waals surface area contributed by atoms with E-state index < -0.39 is 0 Å². The van der Waals surface area contributed by atoms with Crippen molar-refractivity contribution in [3.05, 3.63) is 63.0 Å². The third kappa shape index (κ3) is 2.92. The van der Waals surface area contributed by atoms with Crippen molar-refractivity contribution in [1.82, 2.24) is 4.90 Å². The van der Waals surface area contributed by atoms with Crippen LogP contribution in [0.3, 0.4) is 0 Å². The lowest BCUT2D eigenvalue weighted by molar-refractivity contribution is 0.0581. The lowest BCUT2D eigenvalue weighted by Gasteiger charge is -2.33. The van der Waals surface area contributed by atoms with Gasteiger partial charge in [0.15, 0.2) is 0 Å². The van der Waals surface area contributed by atoms with Crippen LogP contribution in [0.5, 0.6) is 5.75 Å². The minimum Gasteiger partial charge on any atom is -0.478 e. The van der Waals surface area contributed by atoms with E-state index in [0.717, 1.165) is 34.4 Å². The Bertz CT molecular complexity index is 1100. The largest absolute Gasteiger partial charge is 0.478 e. The summed E-state index contributed by atoms with van der Waals surface area (Å²) in [5.41, 5.74) is 3.65. The van der Waals surface area contributed by atoms with E-state index in [1.54, 1.807) is 12.1 Å². The zero-order valence-corrected chi connectivity index (χ0v) is 16.6. The highest BCUT2D eigenvalue weighted by Gasteiger charge is 2.29. The van der Waals surface area contributed by atoms with Crippen LogP contribution in [0, 0.1) is 6.92 Å². The van der Waals surface area contributed by atoms with Crippen molar-refractivity contribution in [2.75, 3.05) is 6.73 Å². The summed E-state index contributed by atoms with van der Waals surface area (Å²) in [6.45, 7) is 3.35. The van der Waals surface area contributed by atoms with Crippen molar-refractivity contribution in [3.8, 4) is 16.9 Å². The fourth-order valence-electron chi connectivity index (χ4n) is 4.59. The second kappa shape index (κ2) is 6.94. The Morgan fingerprint density at radius 2 is 1.82 bits per heavy atom. The molecule has 2 heterocycles. The molecule has 28 heavy (non-hydrogen) atoms. The molecule has 0 spiro atoms. The minimum atomic E-state index is -0.321. The Morgan fingerprint density at radius 1 is 1.07 bits per heavy atom. The van der Waals surface area contributed by atoms with Crippen LogP contribution in [-0.2, 0) is 6.54 Å². The Kier molecular flexibility index (Phi) is 4.41. The summed E-state index contributed by atoms with van der Waals surface area (Å²) in [6.07, 6.45) is 4.99. The van der Waals surface area contributed by atoms with Crippen molar-refractivity contribution >= 4 is 22.6 Å². The van der Waals surface area contributed by atoms with Gasteiger partial charge in [0, 0.05) is 23.0 Å². The molecule has 3 aromatic rings. The van der Waals surface area contributed by atoms with Crippen LogP contribution in [0.4, 0.5) is 0 Å². The molecule has 0 saturated heterocycles. The molecule has 2 aliphatic rings. The van der Waals surface area contributed by atoms with E-state index in [2.05, 4.69) is 4.90 Å². The molecular weight excluding hydrogens is 374 g/mol. The summed E-state index contributed by atoms with van der Waals surface area (Å²) in [7, 11) is 0. The van der Waals surface area contributed by atoms with Gasteiger partial charge in [-0.2, -0.15) is 0 Å². The van der Waals surface area contributed by atoms with Gasteiger partial charge in [-0.3, -0.25) is 4.90 Å². The van der Waals surface area contributed by atoms with Gasteiger partial charge in [0.25, 0.3) is 0 Å². The zero-order chi connectivity index (χ0) is 19.3. The van der Waals surface area contributed by atoms with Crippen LogP contribution in [0.15, 0.2) is 45.6 Å². The highest BCUT2D eigenvalue weighted by atomic mass is 35.5. The highest BCUT2D eigenvalue weighted by molar-refractivity contribution is 6.30. The molecule has 4 nitrogen and oxygen atoms in total. The number of fused-ring (bicyclic) bond motifs is 3. The minimum absolute atomic E-state index is 0.321. The average molecular weight is 396 g/mol. The standard InChI is InChI=1S/C23H22ClNO3/c1-14-18-10-11-20-19(12-25(13-27-20)17-4-2-3-5-17)22(18)28-23(26)21(14)15-6-8-16(24)9-7-15/h6-11,17H,2-5,12-13H2,1H3. The molecule has 2 aromatic carbocycles. The fourth-order valence-corrected chi connectivity index (χ4v) is 4.72. The lowest BCUT2D eigenvalue weighted by Crippen LogP contribution is -2.39. The average Bonchev–Trinajstić information content (AvgIpc) is 3.24. The summed E-state index contributed by atoms with van der Waals surface area (Å²) < 4.78 is 11.9. The molecule has 5 heteroatoms. The fraction of sp³-hybridized carbons (Fsp3) is 0.348. The number of benzene rings is 2. The third-order valence-electron chi connectivity index (χ3n) is 6.12. The molecule has 144 valence electrons. The zero-order valence-electron chi connectivity index (χ0n) is 15.8. The Labute approximate surface area is 168 Å². The Morgan fingerprint density at radius 3 is 2.57 bits per heavy atom. The van der Waals surface area contributed by atoms with Crippen LogP contribution in [0.1, 0.15) is 36.8 Å². The molecule has 0 atom stereocenters. The highest BCUT2D eigenvalue weighted by Crippen LogP contribution is 2.37. The molecule has 0 amide bonds. The molecule has 5 rings (SSSR count). The molecule has 0 radical (unpaired) electrons. The monoisotopic (exact) mass is 395 g/mol. The van der Waals surface area contributed by atoms with E-state index >= 15 is 0 Å². The first-order valence-corrected chi connectivity index (χ1v) is 10.2. The van der Waals surface area contributed by atoms with Crippen LogP contribution in [-0.4, -0.2) is 17.7 Å². The number of rotatable bonds is 2. The summed E-state index contributed by atoms with van der Waals surface area (Å²) in [5, 5.41) is 1.60. The van der Waals surface area contributed by atoms with Crippen LogP contribution >= 0.6 is 11.6 Å². The quantitative estimate of drug-likeness (QED) is 0.536. The van der Waals surface area contributed by atoms with Gasteiger partial charge in [-0.15, -0.1) is 0 Å². The molecule has 1 aliphatic heterocycles. The van der Waals surface area contributed by atoms with Gasteiger partial charge in [-0.05, 0) is 55.2 Å². The van der Waals surface area contributed by atoms with Crippen LogP contribution < -0.4 is 10.4 Å². The van der Waals surface area contributed by atoms with Gasteiger partial charge >= 0.3 is 5.63 Å². The maximum Gasteiger partial charge on any atom is 0.344 e. The molecule has 0 N–H and O–H groups in total. The van der Waals surface area contributed by atoms with E-state index in [9.17, 15) is 4.79 Å². The van der Waals surface area contributed by atoms with Crippen molar-refractivity contribution < 1.29 is 9.15 Å². The summed E-state index contributed by atoms with van der Waals surface area (Å²) in [4.78, 5) is 15.3. The number of aryl methyl sites for hydroxylation is 1. The molecule has 1 saturated carbocycles. The number of hydrogen-bond donors (Lipinski definition) is 0. The summed E-state index contributed by atoms with van der Waals surface area (Å²) >= 11 is 6.00. The number of hydrogen-bond acceptors (Lipinski definition) is 4. The van der Waals surface area contributed by atoms with Crippen molar-refractivity contribution in [3.63, 3.8) is 0 Å². The Hall–Kier alpha value is -2.30. The maximum atomic E-state index is 12.9. The third-order valence-corrected chi connectivity index (χ3v) is 6.37. The van der Waals surface area contributed by atoms with Gasteiger partial charge in [-0.25, -0.2) is 4.79 Å². The van der Waals surface area contributed by atoms with Crippen LogP contribution in [0.2, 0.25) is 5.02 Å². The smallest absolute Gasteiger partial charge is 0.344 e. The predicted molar refractivity (Wildman–Crippen MR) is 111 cm³/mol. The van der Waals surface area contributed by atoms with Gasteiger partial charge in [-0.1, -0.05) is 36.6 Å². The molecule has 1 aliphatic carbocycles. The first kappa shape index (κ1) is 17.8. The van der Waals surface area contributed by atoms with E-state index in [1.165, 1.54) is 25.7 Å². The van der Waals surface area contributed by atoms with Crippen LogP contribution in [0.25, 0.3) is 22.1 Å². The molecule has 0 unspecified atom stereocenters. The lowest BCUT2D eigenvalue weighted by atomic mass is 9.97. The van der Waals surface area contributed by atoms with E-state index in [0.29, 0.717) is 28.9 Å². The SMILES string of the molecule is Cc1c(-c2ccc(Cl)cc2)c(=O)oc2c3c(ccc12)OCN(C1CCCC1)C3. The first-order chi connectivity index (χ1) is 13.6. The van der Waals surface area contributed by atoms with Gasteiger partial charge < -0.3 is 9.15 Å². The van der Waals surface area contributed by atoms with Gasteiger partial charge in [0.2, 0.25) is 0 Å². The maximum absolute atomic E-state index is 12.9. The van der Waals surface area contributed by atoms with E-state index in [4.69, 9.17) is 20.8 Å². The predicted octanol–water partition coefficient (Wildman–Crippen LogP) is 5.52. The van der Waals surface area contributed by atoms with Gasteiger partial charge in [0.05, 0.1) is 11.1 Å². The molecular formula is C23H22ClNO3. The molecule has 0 bridgehead atoms. The second-order valence-electron chi connectivity index (χ2n) is 7.77. The number of halogens is 1. The van der Waals surface area contributed by atoms with Crippen molar-refractivity contribution in [1.29, 1.82) is 0 Å². The number of ether oxygens (including phenoxy) is 1. The molecule has 1 fully saturated rings. The normalized spacial score (nSPS) is 17.6. The van der Waals surface area contributed by atoms with Crippen molar-refractivity contribution in [2.24, 2.45) is 0 Å². The van der Waals surface area contributed by atoms with E-state index in [1.807, 2.05) is 31.2 Å². The first-order valence-electron chi connectivity index (χ1n) is 9.84. The van der Waals surface area contributed by atoms with E-state index in [-0.39, 0.29) is 5.63 Å². The topological polar surface area (TPSA) is 42.7 Å². The second-order valence-corrected chi connectivity index (χ2v) is 8.21. The molecule has 1 aromatic heterocycles. The van der Waals surface area contributed by atoms with Crippen molar-refractivity contribution in [2.45, 2.75) is 45.2 Å². The summed E-state index contributed by atoms with van der Waals surface area (Å²) in [5.74, 6) is 0.823.